The summed E-state index contributed by atoms with van der Waals surface area (Å²) in [6, 6.07) is 8.09. The molecular weight excluding hydrogens is 362 g/mol. The van der Waals surface area contributed by atoms with E-state index in [-0.39, 0.29) is 12.1 Å². The van der Waals surface area contributed by atoms with Gasteiger partial charge in [-0.25, -0.2) is 4.79 Å². The molecule has 2 aromatic heterocycles. The van der Waals surface area contributed by atoms with E-state index in [4.69, 9.17) is 20.8 Å². The van der Waals surface area contributed by atoms with E-state index >= 15 is 0 Å². The van der Waals surface area contributed by atoms with Crippen molar-refractivity contribution in [1.82, 2.24) is 9.55 Å². The van der Waals surface area contributed by atoms with Crippen molar-refractivity contribution in [3.8, 4) is 11.6 Å². The van der Waals surface area contributed by atoms with Gasteiger partial charge in [-0.2, -0.15) is 0 Å². The SMILES string of the molecule is COc1ccc(N=Cc2c(O)n(Cc3ccco3)c(=O)[nH]c2=O)cc1Cl. The van der Waals surface area contributed by atoms with Crippen molar-refractivity contribution >= 4 is 23.5 Å². The van der Waals surface area contributed by atoms with Crippen molar-refractivity contribution in [2.24, 2.45) is 4.99 Å². The monoisotopic (exact) mass is 375 g/mol. The molecule has 26 heavy (non-hydrogen) atoms. The largest absolute Gasteiger partial charge is 0.495 e. The summed E-state index contributed by atoms with van der Waals surface area (Å²) in [6.45, 7) is -0.0380. The number of methoxy groups -OCH3 is 1. The fourth-order valence-electron chi connectivity index (χ4n) is 2.27. The van der Waals surface area contributed by atoms with E-state index in [1.54, 1.807) is 30.3 Å². The third-order valence-corrected chi connectivity index (χ3v) is 3.87. The lowest BCUT2D eigenvalue weighted by atomic mass is 10.3. The molecule has 0 spiro atoms. The van der Waals surface area contributed by atoms with Crippen molar-refractivity contribution in [3.05, 3.63) is 73.8 Å². The van der Waals surface area contributed by atoms with Crippen LogP contribution in [0.4, 0.5) is 5.69 Å². The lowest BCUT2D eigenvalue weighted by molar-refractivity contribution is 0.392. The molecule has 3 rings (SSSR count). The van der Waals surface area contributed by atoms with Crippen LogP contribution in [0, 0.1) is 0 Å². The lowest BCUT2D eigenvalue weighted by Gasteiger charge is -2.08. The molecule has 3 aromatic rings. The molecule has 0 radical (unpaired) electrons. The van der Waals surface area contributed by atoms with Crippen molar-refractivity contribution < 1.29 is 14.3 Å². The predicted octanol–water partition coefficient (Wildman–Crippen LogP) is 2.30. The third kappa shape index (κ3) is 3.55. The Morgan fingerprint density at radius 3 is 2.85 bits per heavy atom. The van der Waals surface area contributed by atoms with Crippen molar-refractivity contribution in [3.63, 3.8) is 0 Å². The number of hydrogen-bond donors (Lipinski definition) is 2. The van der Waals surface area contributed by atoms with Gasteiger partial charge in [-0.15, -0.1) is 0 Å². The summed E-state index contributed by atoms with van der Waals surface area (Å²) in [4.78, 5) is 30.2. The first-order valence-corrected chi connectivity index (χ1v) is 7.83. The van der Waals surface area contributed by atoms with Crippen LogP contribution in [0.2, 0.25) is 5.02 Å². The van der Waals surface area contributed by atoms with Gasteiger partial charge in [0.2, 0.25) is 5.88 Å². The number of hydrogen-bond acceptors (Lipinski definition) is 6. The summed E-state index contributed by atoms with van der Waals surface area (Å²) in [7, 11) is 1.49. The Hall–Kier alpha value is -3.26. The van der Waals surface area contributed by atoms with Gasteiger partial charge in [-0.1, -0.05) is 11.6 Å². The Bertz CT molecular complexity index is 1070. The standard InChI is InChI=1S/C17H14ClN3O5/c1-25-14-5-4-10(7-13(14)18)19-8-12-15(22)20-17(24)21(16(12)23)9-11-3-2-6-26-11/h2-8,23H,9H2,1H3,(H,20,22,24). The molecule has 2 heterocycles. The van der Waals surface area contributed by atoms with E-state index in [9.17, 15) is 14.7 Å². The Labute approximate surface area is 152 Å². The molecule has 8 nitrogen and oxygen atoms in total. The van der Waals surface area contributed by atoms with Gasteiger partial charge in [0.25, 0.3) is 5.56 Å². The first-order chi connectivity index (χ1) is 12.5. The number of aromatic hydroxyl groups is 1. The smallest absolute Gasteiger partial charge is 0.331 e. The molecule has 0 atom stereocenters. The zero-order valence-corrected chi connectivity index (χ0v) is 14.4. The van der Waals surface area contributed by atoms with E-state index in [0.29, 0.717) is 22.2 Å². The quantitative estimate of drug-likeness (QED) is 0.665. The topological polar surface area (TPSA) is 110 Å². The fraction of sp³-hybridized carbons (Fsp3) is 0.118. The highest BCUT2D eigenvalue weighted by molar-refractivity contribution is 6.32. The molecule has 0 aliphatic carbocycles. The highest BCUT2D eigenvalue weighted by Gasteiger charge is 2.14. The van der Waals surface area contributed by atoms with E-state index in [0.717, 1.165) is 10.8 Å². The Morgan fingerprint density at radius 2 is 2.19 bits per heavy atom. The maximum Gasteiger partial charge on any atom is 0.331 e. The summed E-state index contributed by atoms with van der Waals surface area (Å²) >= 11 is 6.03. The number of H-pyrrole nitrogens is 1. The minimum absolute atomic E-state index is 0.0380. The maximum absolute atomic E-state index is 12.0. The molecular formula is C17H14ClN3O5. The van der Waals surface area contributed by atoms with Gasteiger partial charge in [0.15, 0.2) is 0 Å². The van der Waals surface area contributed by atoms with Crippen LogP contribution in [0.25, 0.3) is 0 Å². The Balaban J connectivity index is 1.98. The van der Waals surface area contributed by atoms with Crippen LogP contribution in [0.5, 0.6) is 11.6 Å². The Morgan fingerprint density at radius 1 is 1.38 bits per heavy atom. The minimum Gasteiger partial charge on any atom is -0.495 e. The first kappa shape index (κ1) is 17.6. The van der Waals surface area contributed by atoms with E-state index < -0.39 is 17.1 Å². The zero-order valence-electron chi connectivity index (χ0n) is 13.6. The fourth-order valence-corrected chi connectivity index (χ4v) is 2.52. The van der Waals surface area contributed by atoms with Gasteiger partial charge in [-0.05, 0) is 30.3 Å². The van der Waals surface area contributed by atoms with E-state index in [1.165, 1.54) is 13.4 Å². The van der Waals surface area contributed by atoms with Gasteiger partial charge in [0, 0.05) is 6.21 Å². The molecule has 134 valence electrons. The molecule has 9 heteroatoms. The number of rotatable bonds is 5. The van der Waals surface area contributed by atoms with Crippen LogP contribution in [-0.4, -0.2) is 28.0 Å². The molecule has 0 bridgehead atoms. The van der Waals surface area contributed by atoms with Crippen LogP contribution >= 0.6 is 11.6 Å². The summed E-state index contributed by atoms with van der Waals surface area (Å²) in [5, 5.41) is 10.7. The van der Waals surface area contributed by atoms with Gasteiger partial charge in [-0.3, -0.25) is 19.3 Å². The number of aromatic amines is 1. The Kier molecular flexibility index (Phi) is 4.94. The number of furan rings is 1. The number of nitrogens with zero attached hydrogens (tertiary/aromatic N) is 2. The normalized spacial score (nSPS) is 11.2. The number of benzene rings is 1. The second-order valence-corrected chi connectivity index (χ2v) is 5.65. The maximum atomic E-state index is 12.0. The molecule has 0 aliphatic rings. The number of halogens is 1. The predicted molar refractivity (Wildman–Crippen MR) is 96.1 cm³/mol. The minimum atomic E-state index is -0.758. The summed E-state index contributed by atoms with van der Waals surface area (Å²) in [5.74, 6) is 0.413. The van der Waals surface area contributed by atoms with E-state index in [2.05, 4.69) is 9.98 Å². The van der Waals surface area contributed by atoms with Gasteiger partial charge in [0.1, 0.15) is 17.1 Å². The summed E-state index contributed by atoms with van der Waals surface area (Å²) in [5.41, 5.74) is -1.23. The number of aliphatic imine (C=N–C) groups is 1. The molecule has 0 unspecified atom stereocenters. The molecule has 0 saturated carbocycles. The molecule has 0 fully saturated rings. The average Bonchev–Trinajstić information content (AvgIpc) is 3.11. The second-order valence-electron chi connectivity index (χ2n) is 5.24. The first-order valence-electron chi connectivity index (χ1n) is 7.45. The van der Waals surface area contributed by atoms with Crippen molar-refractivity contribution in [2.75, 3.05) is 7.11 Å². The van der Waals surface area contributed by atoms with Crippen molar-refractivity contribution in [1.29, 1.82) is 0 Å². The van der Waals surface area contributed by atoms with Gasteiger partial charge < -0.3 is 14.3 Å². The summed E-state index contributed by atoms with van der Waals surface area (Å²) < 4.78 is 11.2. The molecule has 0 saturated heterocycles. The number of aromatic nitrogens is 2. The van der Waals surface area contributed by atoms with Crippen LogP contribution in [0.3, 0.4) is 0 Å². The van der Waals surface area contributed by atoms with E-state index in [1.807, 2.05) is 0 Å². The van der Waals surface area contributed by atoms with Crippen molar-refractivity contribution in [2.45, 2.75) is 6.54 Å². The second kappa shape index (κ2) is 7.32. The molecule has 2 N–H and O–H groups in total. The third-order valence-electron chi connectivity index (χ3n) is 3.58. The molecule has 0 aliphatic heterocycles. The van der Waals surface area contributed by atoms with Gasteiger partial charge in [0.05, 0.1) is 30.6 Å². The highest BCUT2D eigenvalue weighted by Crippen LogP contribution is 2.28. The molecule has 0 amide bonds. The lowest BCUT2D eigenvalue weighted by Crippen LogP contribution is -2.32. The van der Waals surface area contributed by atoms with Crippen LogP contribution < -0.4 is 16.0 Å². The highest BCUT2D eigenvalue weighted by atomic mass is 35.5. The molecule has 1 aromatic carbocycles. The summed E-state index contributed by atoms with van der Waals surface area (Å²) in [6.07, 6.45) is 2.60. The van der Waals surface area contributed by atoms with Gasteiger partial charge >= 0.3 is 5.69 Å². The number of ether oxygens (including phenoxy) is 1. The van der Waals surface area contributed by atoms with Crippen LogP contribution in [0.1, 0.15) is 11.3 Å². The number of nitrogens with one attached hydrogen (secondary N) is 1. The zero-order chi connectivity index (χ0) is 18.7. The average molecular weight is 376 g/mol. The van der Waals surface area contributed by atoms with Crippen LogP contribution in [-0.2, 0) is 6.54 Å². The van der Waals surface area contributed by atoms with Crippen LogP contribution in [0.15, 0.2) is 55.6 Å².